The third-order valence-corrected chi connectivity index (χ3v) is 5.99. The van der Waals surface area contributed by atoms with Gasteiger partial charge in [-0.3, -0.25) is 0 Å². The van der Waals surface area contributed by atoms with E-state index in [1.54, 1.807) is 0 Å². The van der Waals surface area contributed by atoms with E-state index in [4.69, 9.17) is 0 Å². The van der Waals surface area contributed by atoms with Crippen LogP contribution < -0.4 is 4.90 Å². The smallest absolute Gasteiger partial charge is 0.0366 e. The molecule has 1 heteroatoms. The molecule has 0 amide bonds. The highest BCUT2D eigenvalue weighted by molar-refractivity contribution is 5.63. The van der Waals surface area contributed by atoms with Gasteiger partial charge in [0, 0.05) is 18.8 Å². The molecule has 1 aliphatic heterocycles. The number of hydrogen-bond acceptors (Lipinski definition) is 1. The van der Waals surface area contributed by atoms with Gasteiger partial charge in [0.2, 0.25) is 0 Å². The second kappa shape index (κ2) is 40.9. The lowest BCUT2D eigenvalue weighted by Crippen LogP contribution is -2.16. The standard InChI is InChI=1S/2C12H10.C10H13N.6C2H6.CH4/c2*1-3-7-11(8-4-1)12-9-5-2-6-10-12;1-2-6-10(7-3-1)11-8-4-5-9-11;6*1-2;/h2*1-10H;1-3,6-7H,4-5,8-9H2;6*1-2H3;1H4. The third kappa shape index (κ3) is 23.3. The molecule has 0 aliphatic carbocycles. The van der Waals surface area contributed by atoms with Crippen molar-refractivity contribution in [3.8, 4) is 22.3 Å². The molecule has 1 aliphatic rings. The largest absolute Gasteiger partial charge is 0.372 e. The molecule has 1 nitrogen and oxygen atoms in total. The SMILES string of the molecule is C.CC.CC.CC.CC.CC.CC.c1ccc(-c2ccccc2)cc1.c1ccc(-c2ccccc2)cc1.c1ccc(N2CCCC2)cc1. The van der Waals surface area contributed by atoms with Crippen LogP contribution in [0.2, 0.25) is 0 Å². The molecule has 0 N–H and O–H groups in total. The van der Waals surface area contributed by atoms with E-state index in [2.05, 4.69) is 132 Å². The van der Waals surface area contributed by atoms with Crippen LogP contribution >= 0.6 is 0 Å². The Morgan fingerprint density at radius 2 is 0.479 bits per heavy atom. The first-order valence-electron chi connectivity index (χ1n) is 18.4. The van der Waals surface area contributed by atoms with Gasteiger partial charge in [-0.25, -0.2) is 0 Å². The van der Waals surface area contributed by atoms with Gasteiger partial charge in [0.1, 0.15) is 0 Å². The third-order valence-electron chi connectivity index (χ3n) is 5.99. The van der Waals surface area contributed by atoms with Crippen LogP contribution in [0, 0.1) is 0 Å². The summed E-state index contributed by atoms with van der Waals surface area (Å²) >= 11 is 0. The van der Waals surface area contributed by atoms with Crippen LogP contribution in [-0.4, -0.2) is 13.1 Å². The summed E-state index contributed by atoms with van der Waals surface area (Å²) in [6, 6.07) is 52.2. The van der Waals surface area contributed by atoms with Gasteiger partial charge in [-0.15, -0.1) is 0 Å². The summed E-state index contributed by atoms with van der Waals surface area (Å²) in [6.45, 7) is 26.5. The summed E-state index contributed by atoms with van der Waals surface area (Å²) in [7, 11) is 0. The Bertz CT molecular complexity index is 1050. The topological polar surface area (TPSA) is 3.24 Å². The molecule has 0 aromatic heterocycles. The second-order valence-corrected chi connectivity index (χ2v) is 8.49. The molecular weight excluding hydrogens is 579 g/mol. The summed E-state index contributed by atoms with van der Waals surface area (Å²) in [5.74, 6) is 0. The quantitative estimate of drug-likeness (QED) is 0.188. The Labute approximate surface area is 300 Å². The van der Waals surface area contributed by atoms with Gasteiger partial charge in [0.15, 0.2) is 0 Å². The fraction of sp³-hybridized carbons (Fsp3) is 0.362. The summed E-state index contributed by atoms with van der Waals surface area (Å²) in [5.41, 5.74) is 6.48. The summed E-state index contributed by atoms with van der Waals surface area (Å²) in [5, 5.41) is 0. The highest BCUT2D eigenvalue weighted by atomic mass is 15.1. The number of hydrogen-bond donors (Lipinski definition) is 0. The van der Waals surface area contributed by atoms with E-state index >= 15 is 0 Å². The number of nitrogens with zero attached hydrogens (tertiary/aromatic N) is 1. The lowest BCUT2D eigenvalue weighted by Gasteiger charge is -2.16. The fourth-order valence-electron chi connectivity index (χ4n) is 4.14. The maximum absolute atomic E-state index is 2.44. The molecule has 5 aromatic rings. The van der Waals surface area contributed by atoms with E-state index in [-0.39, 0.29) is 7.43 Å². The highest BCUT2D eigenvalue weighted by Crippen LogP contribution is 2.19. The van der Waals surface area contributed by atoms with Gasteiger partial charge in [-0.2, -0.15) is 0 Å². The number of anilines is 1. The van der Waals surface area contributed by atoms with Crippen molar-refractivity contribution in [1.82, 2.24) is 0 Å². The molecule has 0 spiro atoms. The first-order valence-corrected chi connectivity index (χ1v) is 18.4. The van der Waals surface area contributed by atoms with Crippen molar-refractivity contribution in [1.29, 1.82) is 0 Å². The summed E-state index contributed by atoms with van der Waals surface area (Å²) < 4.78 is 0. The first-order chi connectivity index (χ1) is 23.4. The normalized spacial score (nSPS) is 9.54. The lowest BCUT2D eigenvalue weighted by atomic mass is 10.1. The molecule has 266 valence electrons. The Balaban J connectivity index is -0.000000259. The molecule has 48 heavy (non-hydrogen) atoms. The zero-order valence-corrected chi connectivity index (χ0v) is 32.2. The maximum atomic E-state index is 2.44. The molecule has 1 saturated heterocycles. The monoisotopic (exact) mass is 652 g/mol. The summed E-state index contributed by atoms with van der Waals surface area (Å²) in [4.78, 5) is 2.44. The molecular formula is C47H73N. The van der Waals surface area contributed by atoms with Crippen molar-refractivity contribution >= 4 is 5.69 Å². The van der Waals surface area contributed by atoms with Crippen LogP contribution in [-0.2, 0) is 0 Å². The number of para-hydroxylation sites is 1. The minimum Gasteiger partial charge on any atom is -0.372 e. The minimum absolute atomic E-state index is 0. The molecule has 0 unspecified atom stereocenters. The van der Waals surface area contributed by atoms with E-state index in [1.807, 2.05) is 107 Å². The van der Waals surface area contributed by atoms with Crippen molar-refractivity contribution in [3.05, 3.63) is 152 Å². The molecule has 5 aromatic carbocycles. The average molecular weight is 652 g/mol. The zero-order chi connectivity index (χ0) is 36.0. The van der Waals surface area contributed by atoms with E-state index < -0.39 is 0 Å². The molecule has 0 radical (unpaired) electrons. The maximum Gasteiger partial charge on any atom is 0.0366 e. The van der Waals surface area contributed by atoms with E-state index in [9.17, 15) is 0 Å². The number of rotatable bonds is 3. The minimum atomic E-state index is 0. The number of benzene rings is 5. The lowest BCUT2D eigenvalue weighted by molar-refractivity contribution is 0.949. The van der Waals surface area contributed by atoms with Gasteiger partial charge >= 0.3 is 0 Å². The average Bonchev–Trinajstić information content (AvgIpc) is 3.77. The fourth-order valence-corrected chi connectivity index (χ4v) is 4.14. The van der Waals surface area contributed by atoms with Crippen LogP contribution in [0.25, 0.3) is 22.3 Å². The molecule has 0 saturated carbocycles. The van der Waals surface area contributed by atoms with Crippen molar-refractivity contribution in [2.45, 2.75) is 103 Å². The molecule has 1 fully saturated rings. The van der Waals surface area contributed by atoms with Gasteiger partial charge in [0.05, 0.1) is 0 Å². The van der Waals surface area contributed by atoms with Crippen LogP contribution in [0.5, 0.6) is 0 Å². The molecule has 1 heterocycles. The van der Waals surface area contributed by atoms with Crippen LogP contribution in [0.4, 0.5) is 5.69 Å². The molecule has 0 bridgehead atoms. The van der Waals surface area contributed by atoms with Crippen molar-refractivity contribution in [2.75, 3.05) is 18.0 Å². The van der Waals surface area contributed by atoms with Gasteiger partial charge in [-0.1, -0.05) is 230 Å². The van der Waals surface area contributed by atoms with Crippen molar-refractivity contribution < 1.29 is 0 Å². The van der Waals surface area contributed by atoms with Crippen LogP contribution in [0.15, 0.2) is 152 Å². The Hall–Kier alpha value is -4.10. The van der Waals surface area contributed by atoms with E-state index in [0.29, 0.717) is 0 Å². The van der Waals surface area contributed by atoms with Gasteiger partial charge in [-0.05, 0) is 47.2 Å². The predicted molar refractivity (Wildman–Crippen MR) is 226 cm³/mol. The van der Waals surface area contributed by atoms with Crippen LogP contribution in [0.3, 0.4) is 0 Å². The van der Waals surface area contributed by atoms with Crippen LogP contribution in [0.1, 0.15) is 103 Å². The second-order valence-electron chi connectivity index (χ2n) is 8.49. The Kier molecular flexibility index (Phi) is 43.3. The van der Waals surface area contributed by atoms with Gasteiger partial charge in [0.25, 0.3) is 0 Å². The summed E-state index contributed by atoms with van der Waals surface area (Å²) in [6.07, 6.45) is 2.71. The zero-order valence-electron chi connectivity index (χ0n) is 32.2. The highest BCUT2D eigenvalue weighted by Gasteiger charge is 2.10. The van der Waals surface area contributed by atoms with Crippen molar-refractivity contribution in [2.24, 2.45) is 0 Å². The van der Waals surface area contributed by atoms with E-state index in [0.717, 1.165) is 0 Å². The first kappa shape index (κ1) is 50.7. The Morgan fingerprint density at radius 1 is 0.292 bits per heavy atom. The van der Waals surface area contributed by atoms with E-state index in [1.165, 1.54) is 53.9 Å². The van der Waals surface area contributed by atoms with Gasteiger partial charge < -0.3 is 4.90 Å². The molecule has 6 rings (SSSR count). The molecule has 0 atom stereocenters. The predicted octanol–water partition coefficient (Wildman–Crippen LogP) is 15.8. The van der Waals surface area contributed by atoms with Crippen molar-refractivity contribution in [3.63, 3.8) is 0 Å². The Morgan fingerprint density at radius 3 is 0.688 bits per heavy atom.